The van der Waals surface area contributed by atoms with Crippen molar-refractivity contribution < 1.29 is 22.0 Å². The molecule has 1 saturated heterocycles. The summed E-state index contributed by atoms with van der Waals surface area (Å²) < 4.78 is 66.0. The number of aromatic nitrogens is 2. The molecule has 1 aliphatic heterocycles. The zero-order valence-electron chi connectivity index (χ0n) is 15.0. The van der Waals surface area contributed by atoms with Gasteiger partial charge in [-0.05, 0) is 31.4 Å². The first-order valence-corrected chi connectivity index (χ1v) is 9.16. The maximum absolute atomic E-state index is 13.9. The van der Waals surface area contributed by atoms with Gasteiger partial charge in [-0.15, -0.1) is 0 Å². The van der Waals surface area contributed by atoms with E-state index in [1.54, 1.807) is 0 Å². The van der Waals surface area contributed by atoms with Gasteiger partial charge in [-0.25, -0.2) is 18.7 Å². The van der Waals surface area contributed by atoms with Crippen LogP contribution in [0.4, 0.5) is 27.9 Å². The molecule has 2 fully saturated rings. The minimum atomic E-state index is -4.52. The van der Waals surface area contributed by atoms with Crippen molar-refractivity contribution in [3.05, 3.63) is 53.4 Å². The molecule has 0 amide bonds. The third kappa shape index (κ3) is 4.09. The van der Waals surface area contributed by atoms with E-state index in [-0.39, 0.29) is 18.0 Å². The molecule has 2 heterocycles. The predicted octanol–water partition coefficient (Wildman–Crippen LogP) is 4.02. The lowest BCUT2D eigenvalue weighted by Gasteiger charge is -2.29. The molecule has 1 aliphatic carbocycles. The Morgan fingerprint density at radius 3 is 2.54 bits per heavy atom. The highest BCUT2D eigenvalue weighted by Gasteiger charge is 2.40. The third-order valence-electron chi connectivity index (χ3n) is 5.15. The highest BCUT2D eigenvalue weighted by Crippen LogP contribution is 2.36. The Balaban J connectivity index is 1.49. The molecule has 4 nitrogen and oxygen atoms in total. The van der Waals surface area contributed by atoms with Crippen molar-refractivity contribution in [3.8, 4) is 0 Å². The van der Waals surface area contributed by atoms with E-state index in [2.05, 4.69) is 9.97 Å². The second kappa shape index (κ2) is 7.27. The molecule has 0 spiro atoms. The lowest BCUT2D eigenvalue weighted by molar-refractivity contribution is -0.141. The van der Waals surface area contributed by atoms with Crippen LogP contribution in [0.25, 0.3) is 0 Å². The SMILES string of the molecule is Fc1ccc(CN2CCC(N(c3nccc(C(F)(F)F)n3)C3CC3)C2)c(F)c1. The normalized spacial score (nSPS) is 20.5. The van der Waals surface area contributed by atoms with Gasteiger partial charge >= 0.3 is 6.18 Å². The zero-order valence-corrected chi connectivity index (χ0v) is 15.0. The Morgan fingerprint density at radius 2 is 1.86 bits per heavy atom. The molecule has 0 bridgehead atoms. The van der Waals surface area contributed by atoms with Crippen LogP contribution in [-0.2, 0) is 12.7 Å². The fraction of sp³-hybridized carbons (Fsp3) is 0.474. The zero-order chi connectivity index (χ0) is 19.9. The van der Waals surface area contributed by atoms with E-state index in [1.807, 2.05) is 9.80 Å². The average Bonchev–Trinajstić information content (AvgIpc) is 3.36. The van der Waals surface area contributed by atoms with Crippen molar-refractivity contribution in [2.75, 3.05) is 18.0 Å². The van der Waals surface area contributed by atoms with Crippen LogP contribution in [0.2, 0.25) is 0 Å². The molecule has 9 heteroatoms. The number of benzene rings is 1. The van der Waals surface area contributed by atoms with Crippen molar-refractivity contribution >= 4 is 5.95 Å². The van der Waals surface area contributed by atoms with Crippen molar-refractivity contribution in [3.63, 3.8) is 0 Å². The van der Waals surface area contributed by atoms with Crippen molar-refractivity contribution in [1.82, 2.24) is 14.9 Å². The van der Waals surface area contributed by atoms with Gasteiger partial charge in [-0.3, -0.25) is 4.90 Å². The van der Waals surface area contributed by atoms with Gasteiger partial charge in [0, 0.05) is 49.5 Å². The maximum atomic E-state index is 13.9. The smallest absolute Gasteiger partial charge is 0.334 e. The molecule has 1 aromatic carbocycles. The molecule has 28 heavy (non-hydrogen) atoms. The lowest BCUT2D eigenvalue weighted by atomic mass is 10.2. The monoisotopic (exact) mass is 398 g/mol. The van der Waals surface area contributed by atoms with Gasteiger partial charge in [0.2, 0.25) is 5.95 Å². The number of nitrogens with zero attached hydrogens (tertiary/aromatic N) is 4. The van der Waals surface area contributed by atoms with E-state index in [1.165, 1.54) is 12.1 Å². The number of rotatable bonds is 5. The Hall–Kier alpha value is -2.29. The van der Waals surface area contributed by atoms with Gasteiger partial charge in [0.1, 0.15) is 17.3 Å². The van der Waals surface area contributed by atoms with Crippen LogP contribution in [0.15, 0.2) is 30.5 Å². The van der Waals surface area contributed by atoms with Gasteiger partial charge in [0.25, 0.3) is 0 Å². The van der Waals surface area contributed by atoms with Crippen LogP contribution >= 0.6 is 0 Å². The second-order valence-corrected chi connectivity index (χ2v) is 7.29. The maximum Gasteiger partial charge on any atom is 0.433 e. The van der Waals surface area contributed by atoms with Crippen LogP contribution in [0.1, 0.15) is 30.5 Å². The summed E-state index contributed by atoms with van der Waals surface area (Å²) in [4.78, 5) is 11.7. The van der Waals surface area contributed by atoms with E-state index in [4.69, 9.17) is 0 Å². The average molecular weight is 398 g/mol. The van der Waals surface area contributed by atoms with Crippen LogP contribution in [0, 0.1) is 11.6 Å². The number of hydrogen-bond acceptors (Lipinski definition) is 4. The summed E-state index contributed by atoms with van der Waals surface area (Å²) in [7, 11) is 0. The highest BCUT2D eigenvalue weighted by molar-refractivity contribution is 5.37. The Bertz CT molecular complexity index is 852. The standard InChI is InChI=1S/C19H19F5N4/c20-13-2-1-12(16(21)9-13)10-27-8-6-15(11-27)28(14-3-4-14)18-25-7-5-17(26-18)19(22,23)24/h1-2,5,7,9,14-15H,3-4,6,8,10-11H2. The molecular weight excluding hydrogens is 379 g/mol. The molecule has 1 atom stereocenters. The Kier molecular flexibility index (Phi) is 4.95. The number of hydrogen-bond donors (Lipinski definition) is 0. The van der Waals surface area contributed by atoms with Crippen LogP contribution in [-0.4, -0.2) is 40.0 Å². The van der Waals surface area contributed by atoms with Gasteiger partial charge in [-0.2, -0.15) is 13.2 Å². The molecule has 1 unspecified atom stereocenters. The third-order valence-corrected chi connectivity index (χ3v) is 5.15. The summed E-state index contributed by atoms with van der Waals surface area (Å²) in [6.07, 6.45) is -0.875. The van der Waals surface area contributed by atoms with Crippen LogP contribution in [0.3, 0.4) is 0 Å². The lowest BCUT2D eigenvalue weighted by Crippen LogP contribution is -2.40. The fourth-order valence-corrected chi connectivity index (χ4v) is 3.68. The number of likely N-dealkylation sites (tertiary alicyclic amines) is 1. The second-order valence-electron chi connectivity index (χ2n) is 7.29. The van der Waals surface area contributed by atoms with Gasteiger partial charge in [-0.1, -0.05) is 6.07 Å². The molecule has 1 aromatic heterocycles. The molecular formula is C19H19F5N4. The van der Waals surface area contributed by atoms with Crippen molar-refractivity contribution in [2.24, 2.45) is 0 Å². The summed E-state index contributed by atoms with van der Waals surface area (Å²) in [5, 5.41) is 0. The molecule has 1 saturated carbocycles. The van der Waals surface area contributed by atoms with E-state index in [0.717, 1.165) is 37.6 Å². The van der Waals surface area contributed by atoms with Crippen molar-refractivity contribution in [1.29, 1.82) is 0 Å². The highest BCUT2D eigenvalue weighted by atomic mass is 19.4. The van der Waals surface area contributed by atoms with E-state index < -0.39 is 23.5 Å². The first kappa shape index (κ1) is 19.0. The van der Waals surface area contributed by atoms with E-state index in [9.17, 15) is 22.0 Å². The Morgan fingerprint density at radius 1 is 1.07 bits per heavy atom. The molecule has 4 rings (SSSR count). The number of alkyl halides is 3. The topological polar surface area (TPSA) is 32.3 Å². The number of halogens is 5. The summed E-state index contributed by atoms with van der Waals surface area (Å²) in [6, 6.07) is 4.46. The van der Waals surface area contributed by atoms with Gasteiger partial charge in [0.15, 0.2) is 0 Å². The summed E-state index contributed by atoms with van der Waals surface area (Å²) in [5.41, 5.74) is -0.554. The molecule has 150 valence electrons. The first-order chi connectivity index (χ1) is 13.3. The van der Waals surface area contributed by atoms with Crippen LogP contribution < -0.4 is 4.90 Å². The van der Waals surface area contributed by atoms with Crippen LogP contribution in [0.5, 0.6) is 0 Å². The quantitative estimate of drug-likeness (QED) is 0.713. The summed E-state index contributed by atoms with van der Waals surface area (Å²) >= 11 is 0. The summed E-state index contributed by atoms with van der Waals surface area (Å²) in [5.74, 6) is -1.12. The first-order valence-electron chi connectivity index (χ1n) is 9.16. The predicted molar refractivity (Wildman–Crippen MR) is 92.6 cm³/mol. The molecule has 2 aromatic rings. The largest absolute Gasteiger partial charge is 0.433 e. The molecule has 0 radical (unpaired) electrons. The van der Waals surface area contributed by atoms with Gasteiger partial charge in [0.05, 0.1) is 0 Å². The molecule has 2 aliphatic rings. The number of anilines is 1. The van der Waals surface area contributed by atoms with E-state index in [0.29, 0.717) is 25.2 Å². The molecule has 0 N–H and O–H groups in total. The minimum absolute atomic E-state index is 0.0421. The minimum Gasteiger partial charge on any atom is -0.334 e. The van der Waals surface area contributed by atoms with E-state index >= 15 is 0 Å². The Labute approximate surface area is 159 Å². The van der Waals surface area contributed by atoms with Crippen molar-refractivity contribution in [2.45, 2.75) is 44.1 Å². The summed E-state index contributed by atoms with van der Waals surface area (Å²) in [6.45, 7) is 1.56. The van der Waals surface area contributed by atoms with Gasteiger partial charge < -0.3 is 4.90 Å². The fourth-order valence-electron chi connectivity index (χ4n) is 3.68.